The van der Waals surface area contributed by atoms with Gasteiger partial charge in [0.1, 0.15) is 11.5 Å². The van der Waals surface area contributed by atoms with Crippen LogP contribution in [0.15, 0.2) is 34.9 Å². The van der Waals surface area contributed by atoms with Gasteiger partial charge in [-0.15, -0.1) is 0 Å². The third kappa shape index (κ3) is 5.21. The van der Waals surface area contributed by atoms with Gasteiger partial charge in [-0.2, -0.15) is 0 Å². The minimum Gasteiger partial charge on any atom is -0.462 e. The highest BCUT2D eigenvalue weighted by molar-refractivity contribution is 9.10. The number of nitrogens with zero attached hydrogens (tertiary/aromatic N) is 3. The van der Waals surface area contributed by atoms with Crippen LogP contribution in [0.1, 0.15) is 46.3 Å². The fourth-order valence-corrected chi connectivity index (χ4v) is 3.55. The quantitative estimate of drug-likeness (QED) is 0.667. The number of halogens is 1. The number of anilines is 1. The molecule has 3 rings (SSSR count). The van der Waals surface area contributed by atoms with Gasteiger partial charge in [0.05, 0.1) is 23.8 Å². The van der Waals surface area contributed by atoms with Crippen LogP contribution >= 0.6 is 15.9 Å². The van der Waals surface area contributed by atoms with Crippen molar-refractivity contribution in [3.8, 4) is 0 Å². The predicted molar refractivity (Wildman–Crippen MR) is 114 cm³/mol. The second-order valence-electron chi connectivity index (χ2n) is 6.99. The summed E-state index contributed by atoms with van der Waals surface area (Å²) in [5.41, 5.74) is 1.02. The molecule has 1 atom stereocenters. The van der Waals surface area contributed by atoms with Crippen LogP contribution in [-0.4, -0.2) is 52.3 Å². The Hall–Kier alpha value is -2.81. The summed E-state index contributed by atoms with van der Waals surface area (Å²) in [6, 6.07) is 6.59. The van der Waals surface area contributed by atoms with E-state index in [0.717, 1.165) is 10.9 Å². The maximum Gasteiger partial charge on any atom is 0.339 e. The first-order valence-corrected chi connectivity index (χ1v) is 10.5. The number of carbonyl (C=O) groups excluding carboxylic acids is 3. The molecule has 1 aliphatic heterocycles. The van der Waals surface area contributed by atoms with Crippen LogP contribution in [0.2, 0.25) is 0 Å². The van der Waals surface area contributed by atoms with E-state index in [2.05, 4.69) is 31.2 Å². The zero-order chi connectivity index (χ0) is 21.7. The normalized spacial score (nSPS) is 16.1. The summed E-state index contributed by atoms with van der Waals surface area (Å²) in [4.78, 5) is 47.5. The minimum atomic E-state index is -0.460. The van der Waals surface area contributed by atoms with E-state index >= 15 is 0 Å². The summed E-state index contributed by atoms with van der Waals surface area (Å²) in [6.45, 7) is 4.53. The Morgan fingerprint density at radius 2 is 2.07 bits per heavy atom. The molecular formula is C21H23BrN4O4. The van der Waals surface area contributed by atoms with Crippen LogP contribution in [-0.2, 0) is 9.53 Å². The molecule has 1 N–H and O–H groups in total. The summed E-state index contributed by atoms with van der Waals surface area (Å²) in [6.07, 6.45) is 3.03. The van der Waals surface area contributed by atoms with E-state index in [1.807, 2.05) is 0 Å². The molecule has 0 spiro atoms. The lowest BCUT2D eigenvalue weighted by atomic mass is 9.96. The number of hydrogen-bond donors (Lipinski definition) is 1. The number of likely N-dealkylation sites (tertiary alicyclic amines) is 1. The van der Waals surface area contributed by atoms with Crippen molar-refractivity contribution in [2.45, 2.75) is 26.7 Å². The first kappa shape index (κ1) is 21.9. The van der Waals surface area contributed by atoms with Crippen molar-refractivity contribution < 1.29 is 19.1 Å². The average molecular weight is 475 g/mol. The van der Waals surface area contributed by atoms with Gasteiger partial charge in [-0.05, 0) is 66.9 Å². The maximum atomic E-state index is 12.9. The molecule has 158 valence electrons. The summed E-state index contributed by atoms with van der Waals surface area (Å²) >= 11 is 3.31. The Morgan fingerprint density at radius 3 is 2.73 bits per heavy atom. The number of hydrogen-bond acceptors (Lipinski definition) is 6. The number of rotatable bonds is 5. The Labute approximate surface area is 183 Å². The molecule has 0 aromatic carbocycles. The van der Waals surface area contributed by atoms with Crippen molar-refractivity contribution in [2.24, 2.45) is 5.92 Å². The van der Waals surface area contributed by atoms with Crippen molar-refractivity contribution >= 4 is 39.5 Å². The van der Waals surface area contributed by atoms with Crippen LogP contribution in [0.4, 0.5) is 5.82 Å². The molecule has 2 amide bonds. The Morgan fingerprint density at radius 1 is 1.27 bits per heavy atom. The van der Waals surface area contributed by atoms with E-state index in [-0.39, 0.29) is 30.0 Å². The SMILES string of the molecule is CCOC(=O)c1ccc(C(=O)N2CCCC(C(=O)Nc3ccc(Br)cn3)C2)nc1C. The van der Waals surface area contributed by atoms with Crippen LogP contribution in [0.25, 0.3) is 0 Å². The predicted octanol–water partition coefficient (Wildman–Crippen LogP) is 3.22. The Kier molecular flexibility index (Phi) is 7.15. The highest BCUT2D eigenvalue weighted by Crippen LogP contribution is 2.21. The average Bonchev–Trinajstić information content (AvgIpc) is 2.75. The zero-order valence-electron chi connectivity index (χ0n) is 16.9. The van der Waals surface area contributed by atoms with Gasteiger partial charge in [-0.3, -0.25) is 9.59 Å². The summed E-state index contributed by atoms with van der Waals surface area (Å²) < 4.78 is 5.82. The van der Waals surface area contributed by atoms with Crippen molar-refractivity contribution in [1.82, 2.24) is 14.9 Å². The fraction of sp³-hybridized carbons (Fsp3) is 0.381. The number of ether oxygens (including phenoxy) is 1. The van der Waals surface area contributed by atoms with Crippen molar-refractivity contribution in [3.05, 3.63) is 51.9 Å². The lowest BCUT2D eigenvalue weighted by Gasteiger charge is -2.31. The van der Waals surface area contributed by atoms with Crippen LogP contribution < -0.4 is 5.32 Å². The fourth-order valence-electron chi connectivity index (χ4n) is 3.32. The number of amides is 2. The lowest BCUT2D eigenvalue weighted by molar-refractivity contribution is -0.121. The summed E-state index contributed by atoms with van der Waals surface area (Å²) in [7, 11) is 0. The number of pyridine rings is 2. The van der Waals surface area contributed by atoms with Gasteiger partial charge in [0, 0.05) is 23.8 Å². The molecule has 1 unspecified atom stereocenters. The van der Waals surface area contributed by atoms with E-state index < -0.39 is 5.97 Å². The van der Waals surface area contributed by atoms with E-state index in [1.54, 1.807) is 43.1 Å². The van der Waals surface area contributed by atoms with Crippen LogP contribution in [0.5, 0.6) is 0 Å². The first-order valence-electron chi connectivity index (χ1n) is 9.75. The van der Waals surface area contributed by atoms with Crippen molar-refractivity contribution in [2.75, 3.05) is 25.0 Å². The smallest absolute Gasteiger partial charge is 0.339 e. The number of esters is 1. The number of nitrogens with one attached hydrogen (secondary N) is 1. The molecule has 1 saturated heterocycles. The molecule has 3 heterocycles. The van der Waals surface area contributed by atoms with Crippen LogP contribution in [0, 0.1) is 12.8 Å². The third-order valence-electron chi connectivity index (χ3n) is 4.86. The van der Waals surface area contributed by atoms with Gasteiger partial charge in [-0.1, -0.05) is 0 Å². The number of aromatic nitrogens is 2. The van der Waals surface area contributed by atoms with Gasteiger partial charge in [0.2, 0.25) is 5.91 Å². The topological polar surface area (TPSA) is 101 Å². The summed E-state index contributed by atoms with van der Waals surface area (Å²) in [5.74, 6) is -0.735. The standard InChI is InChI=1S/C21H23BrN4O4/c1-3-30-21(29)16-7-8-17(24-13(16)2)20(28)26-10-4-5-14(12-26)19(27)25-18-9-6-15(22)11-23-18/h6-9,11,14H,3-5,10,12H2,1-2H3,(H,23,25,27). The highest BCUT2D eigenvalue weighted by Gasteiger charge is 2.30. The molecule has 2 aromatic rings. The molecule has 0 radical (unpaired) electrons. The molecular weight excluding hydrogens is 452 g/mol. The number of aryl methyl sites for hydroxylation is 1. The van der Waals surface area contributed by atoms with Crippen molar-refractivity contribution in [3.63, 3.8) is 0 Å². The minimum absolute atomic E-state index is 0.163. The zero-order valence-corrected chi connectivity index (χ0v) is 18.4. The van der Waals surface area contributed by atoms with E-state index in [1.165, 1.54) is 6.07 Å². The molecule has 2 aromatic heterocycles. The highest BCUT2D eigenvalue weighted by atomic mass is 79.9. The second-order valence-corrected chi connectivity index (χ2v) is 7.91. The van der Waals surface area contributed by atoms with Gasteiger partial charge >= 0.3 is 5.97 Å². The van der Waals surface area contributed by atoms with Gasteiger partial charge in [0.25, 0.3) is 5.91 Å². The monoisotopic (exact) mass is 474 g/mol. The van der Waals surface area contributed by atoms with E-state index in [0.29, 0.717) is 36.6 Å². The molecule has 0 bridgehead atoms. The molecule has 1 fully saturated rings. The largest absolute Gasteiger partial charge is 0.462 e. The molecule has 9 heteroatoms. The van der Waals surface area contributed by atoms with Crippen LogP contribution in [0.3, 0.4) is 0 Å². The second kappa shape index (κ2) is 9.80. The molecule has 8 nitrogen and oxygen atoms in total. The van der Waals surface area contributed by atoms with Gasteiger partial charge in [-0.25, -0.2) is 14.8 Å². The van der Waals surface area contributed by atoms with Gasteiger partial charge < -0.3 is 15.0 Å². The lowest BCUT2D eigenvalue weighted by Crippen LogP contribution is -2.44. The third-order valence-corrected chi connectivity index (χ3v) is 5.33. The molecule has 0 saturated carbocycles. The maximum absolute atomic E-state index is 12.9. The first-order chi connectivity index (χ1) is 14.4. The Balaban J connectivity index is 1.66. The number of carbonyl (C=O) groups is 3. The van der Waals surface area contributed by atoms with Gasteiger partial charge in [0.15, 0.2) is 0 Å². The molecule has 30 heavy (non-hydrogen) atoms. The summed E-state index contributed by atoms with van der Waals surface area (Å²) in [5, 5.41) is 2.80. The van der Waals surface area contributed by atoms with E-state index in [9.17, 15) is 14.4 Å². The Bertz CT molecular complexity index is 949. The van der Waals surface area contributed by atoms with Crippen molar-refractivity contribution in [1.29, 1.82) is 0 Å². The number of piperidine rings is 1. The van der Waals surface area contributed by atoms with E-state index in [4.69, 9.17) is 4.74 Å². The molecule has 1 aliphatic rings. The molecule has 0 aliphatic carbocycles.